The Kier molecular flexibility index (Phi) is 3.78. The predicted octanol–water partition coefficient (Wildman–Crippen LogP) is 4.08. The highest BCUT2D eigenvalue weighted by atomic mass is 19.1. The van der Waals surface area contributed by atoms with Crippen LogP contribution >= 0.6 is 0 Å². The third-order valence-electron chi connectivity index (χ3n) is 3.32. The molecule has 2 aromatic rings. The molecular weight excluding hydrogens is 225 g/mol. The fourth-order valence-electron chi connectivity index (χ4n) is 2.09. The molecule has 1 nitrogen and oxygen atoms in total. The Bertz CT molecular complexity index is 549. The number of nitrogens with one attached hydrogen (secondary N) is 1. The lowest BCUT2D eigenvalue weighted by Gasteiger charge is -2.13. The van der Waals surface area contributed by atoms with Crippen LogP contribution in [0.2, 0.25) is 0 Å². The molecule has 1 N–H and O–H groups in total. The van der Waals surface area contributed by atoms with Gasteiger partial charge in [0, 0.05) is 6.04 Å². The van der Waals surface area contributed by atoms with Crippen molar-refractivity contribution >= 4 is 0 Å². The van der Waals surface area contributed by atoms with Crippen LogP contribution < -0.4 is 5.32 Å². The zero-order valence-corrected chi connectivity index (χ0v) is 11.0. The molecule has 0 bridgehead atoms. The molecule has 0 radical (unpaired) electrons. The van der Waals surface area contributed by atoms with E-state index in [1.807, 2.05) is 26.1 Å². The van der Waals surface area contributed by atoms with Crippen LogP contribution in [0, 0.1) is 12.7 Å². The van der Waals surface area contributed by atoms with E-state index in [1.165, 1.54) is 11.6 Å². The van der Waals surface area contributed by atoms with E-state index in [4.69, 9.17) is 0 Å². The Labute approximate surface area is 108 Å². The van der Waals surface area contributed by atoms with Crippen molar-refractivity contribution in [2.75, 3.05) is 7.05 Å². The van der Waals surface area contributed by atoms with Gasteiger partial charge in [0.15, 0.2) is 0 Å². The summed E-state index contributed by atoms with van der Waals surface area (Å²) in [4.78, 5) is 0. The van der Waals surface area contributed by atoms with E-state index in [2.05, 4.69) is 30.4 Å². The first kappa shape index (κ1) is 12.8. The van der Waals surface area contributed by atoms with E-state index in [9.17, 15) is 4.39 Å². The SMILES string of the molecule is CNC(C)c1cccc(-c2ccc(F)cc2C)c1. The minimum absolute atomic E-state index is 0.184. The topological polar surface area (TPSA) is 12.0 Å². The molecule has 1 atom stereocenters. The second-order valence-corrected chi connectivity index (χ2v) is 4.60. The average molecular weight is 243 g/mol. The molecule has 0 amide bonds. The largest absolute Gasteiger partial charge is 0.313 e. The molecule has 18 heavy (non-hydrogen) atoms. The number of benzene rings is 2. The van der Waals surface area contributed by atoms with Crippen molar-refractivity contribution in [3.8, 4) is 11.1 Å². The van der Waals surface area contributed by atoms with Crippen LogP contribution in [0.25, 0.3) is 11.1 Å². The van der Waals surface area contributed by atoms with E-state index in [1.54, 1.807) is 6.07 Å². The van der Waals surface area contributed by atoms with Gasteiger partial charge in [-0.2, -0.15) is 0 Å². The number of rotatable bonds is 3. The average Bonchev–Trinajstić information content (AvgIpc) is 2.38. The van der Waals surface area contributed by atoms with Gasteiger partial charge in [-0.25, -0.2) is 4.39 Å². The van der Waals surface area contributed by atoms with E-state index in [-0.39, 0.29) is 5.82 Å². The van der Waals surface area contributed by atoms with Gasteiger partial charge in [0.1, 0.15) is 5.82 Å². The molecule has 94 valence electrons. The zero-order chi connectivity index (χ0) is 13.1. The summed E-state index contributed by atoms with van der Waals surface area (Å²) in [7, 11) is 1.94. The van der Waals surface area contributed by atoms with Gasteiger partial charge >= 0.3 is 0 Å². The molecule has 0 aromatic heterocycles. The Hall–Kier alpha value is -1.67. The molecule has 0 aliphatic carbocycles. The fraction of sp³-hybridized carbons (Fsp3) is 0.250. The number of hydrogen-bond acceptors (Lipinski definition) is 1. The predicted molar refractivity (Wildman–Crippen MR) is 74.0 cm³/mol. The van der Waals surface area contributed by atoms with Crippen molar-refractivity contribution in [3.63, 3.8) is 0 Å². The van der Waals surface area contributed by atoms with Gasteiger partial charge in [0.05, 0.1) is 0 Å². The molecule has 0 fully saturated rings. The molecule has 0 aliphatic heterocycles. The Balaban J connectivity index is 2.44. The standard InChI is InChI=1S/C16H18FN/c1-11-9-15(17)7-8-16(11)14-6-4-5-13(10-14)12(2)18-3/h4-10,12,18H,1-3H3. The van der Waals surface area contributed by atoms with Crippen molar-refractivity contribution in [2.45, 2.75) is 19.9 Å². The fourth-order valence-corrected chi connectivity index (χ4v) is 2.09. The Morgan fingerprint density at radius 1 is 1.11 bits per heavy atom. The summed E-state index contributed by atoms with van der Waals surface area (Å²) >= 11 is 0. The third-order valence-corrected chi connectivity index (χ3v) is 3.32. The zero-order valence-electron chi connectivity index (χ0n) is 11.0. The molecule has 1 unspecified atom stereocenters. The summed E-state index contributed by atoms with van der Waals surface area (Å²) in [5, 5.41) is 3.22. The number of hydrogen-bond donors (Lipinski definition) is 1. The van der Waals surface area contributed by atoms with Gasteiger partial charge in [-0.1, -0.05) is 24.3 Å². The van der Waals surface area contributed by atoms with Crippen molar-refractivity contribution in [1.29, 1.82) is 0 Å². The third kappa shape index (κ3) is 2.59. The first-order chi connectivity index (χ1) is 8.61. The van der Waals surface area contributed by atoms with Crippen LogP contribution in [0.4, 0.5) is 4.39 Å². The molecule has 2 heteroatoms. The quantitative estimate of drug-likeness (QED) is 0.856. The highest BCUT2D eigenvalue weighted by Crippen LogP contribution is 2.26. The second-order valence-electron chi connectivity index (χ2n) is 4.60. The van der Waals surface area contributed by atoms with Gasteiger partial charge in [-0.05, 0) is 61.3 Å². The van der Waals surface area contributed by atoms with Crippen molar-refractivity contribution in [2.24, 2.45) is 0 Å². The van der Waals surface area contributed by atoms with Gasteiger partial charge < -0.3 is 5.32 Å². The number of aryl methyl sites for hydroxylation is 1. The smallest absolute Gasteiger partial charge is 0.123 e. The summed E-state index contributed by atoms with van der Waals surface area (Å²) in [6.45, 7) is 4.06. The van der Waals surface area contributed by atoms with E-state index in [0.717, 1.165) is 16.7 Å². The highest BCUT2D eigenvalue weighted by Gasteiger charge is 2.06. The normalized spacial score (nSPS) is 12.4. The molecule has 0 spiro atoms. The van der Waals surface area contributed by atoms with Crippen LogP contribution in [-0.2, 0) is 0 Å². The van der Waals surface area contributed by atoms with Gasteiger partial charge in [0.25, 0.3) is 0 Å². The maximum absolute atomic E-state index is 13.1. The summed E-state index contributed by atoms with van der Waals surface area (Å²) in [5.41, 5.74) is 4.41. The molecule has 0 heterocycles. The first-order valence-electron chi connectivity index (χ1n) is 6.15. The molecule has 0 aliphatic rings. The first-order valence-corrected chi connectivity index (χ1v) is 6.15. The van der Waals surface area contributed by atoms with Crippen LogP contribution in [0.1, 0.15) is 24.1 Å². The summed E-state index contributed by atoms with van der Waals surface area (Å²) in [6, 6.07) is 13.6. The van der Waals surface area contributed by atoms with E-state index < -0.39 is 0 Å². The maximum Gasteiger partial charge on any atom is 0.123 e. The maximum atomic E-state index is 13.1. The van der Waals surface area contributed by atoms with Gasteiger partial charge in [-0.3, -0.25) is 0 Å². The van der Waals surface area contributed by atoms with Crippen LogP contribution in [0.3, 0.4) is 0 Å². The molecular formula is C16H18FN. The Morgan fingerprint density at radius 2 is 1.89 bits per heavy atom. The van der Waals surface area contributed by atoms with Crippen LogP contribution in [-0.4, -0.2) is 7.05 Å². The van der Waals surface area contributed by atoms with Crippen LogP contribution in [0.15, 0.2) is 42.5 Å². The second kappa shape index (κ2) is 5.32. The molecule has 2 aromatic carbocycles. The Morgan fingerprint density at radius 3 is 2.56 bits per heavy atom. The monoisotopic (exact) mass is 243 g/mol. The number of halogens is 1. The molecule has 0 saturated carbocycles. The highest BCUT2D eigenvalue weighted by molar-refractivity contribution is 5.67. The minimum Gasteiger partial charge on any atom is -0.313 e. The lowest BCUT2D eigenvalue weighted by molar-refractivity contribution is 0.627. The van der Waals surface area contributed by atoms with Crippen molar-refractivity contribution in [1.82, 2.24) is 5.32 Å². The van der Waals surface area contributed by atoms with Gasteiger partial charge in [-0.15, -0.1) is 0 Å². The van der Waals surface area contributed by atoms with E-state index >= 15 is 0 Å². The summed E-state index contributed by atoms with van der Waals surface area (Å²) < 4.78 is 13.1. The van der Waals surface area contributed by atoms with E-state index in [0.29, 0.717) is 6.04 Å². The van der Waals surface area contributed by atoms with Crippen molar-refractivity contribution < 1.29 is 4.39 Å². The minimum atomic E-state index is -0.184. The summed E-state index contributed by atoms with van der Waals surface area (Å²) in [5.74, 6) is -0.184. The molecule has 2 rings (SSSR count). The van der Waals surface area contributed by atoms with Crippen molar-refractivity contribution in [3.05, 3.63) is 59.4 Å². The molecule has 0 saturated heterocycles. The van der Waals surface area contributed by atoms with Crippen LogP contribution in [0.5, 0.6) is 0 Å². The lowest BCUT2D eigenvalue weighted by Crippen LogP contribution is -2.12. The summed E-state index contributed by atoms with van der Waals surface area (Å²) in [6.07, 6.45) is 0. The lowest BCUT2D eigenvalue weighted by atomic mass is 9.97. The van der Waals surface area contributed by atoms with Gasteiger partial charge in [0.2, 0.25) is 0 Å².